The molecule has 0 spiro atoms. The van der Waals surface area contributed by atoms with Crippen LogP contribution in [0, 0.1) is 0 Å². The number of rotatable bonds is 6. The molecule has 1 aromatic heterocycles. The molecule has 15 heavy (non-hydrogen) atoms. The Labute approximate surface area is 92.2 Å². The molecule has 0 saturated heterocycles. The fraction of sp³-hybridized carbons (Fsp3) is 0.583. The first kappa shape index (κ1) is 12.0. The molecule has 0 bridgehead atoms. The van der Waals surface area contributed by atoms with E-state index in [1.54, 1.807) is 0 Å². The first-order valence-corrected chi connectivity index (χ1v) is 5.66. The van der Waals surface area contributed by atoms with Gasteiger partial charge in [-0.25, -0.2) is 0 Å². The van der Waals surface area contributed by atoms with Crippen LogP contribution in [-0.4, -0.2) is 22.9 Å². The quantitative estimate of drug-likeness (QED) is 0.725. The molecule has 1 heterocycles. The van der Waals surface area contributed by atoms with Crippen molar-refractivity contribution in [3.05, 3.63) is 23.5 Å². The molecule has 0 aliphatic carbocycles. The molecule has 0 aromatic carbocycles. The van der Waals surface area contributed by atoms with Crippen molar-refractivity contribution in [2.45, 2.75) is 26.7 Å². The molecule has 0 fully saturated rings. The summed E-state index contributed by atoms with van der Waals surface area (Å²) in [5.41, 5.74) is 2.59. The Bertz CT molecular complexity index is 312. The van der Waals surface area contributed by atoms with Gasteiger partial charge < -0.3 is 5.32 Å². The van der Waals surface area contributed by atoms with Crippen molar-refractivity contribution in [2.75, 3.05) is 13.1 Å². The van der Waals surface area contributed by atoms with Crippen LogP contribution in [0.2, 0.25) is 0 Å². The third kappa shape index (κ3) is 3.88. The number of nitrogens with zero attached hydrogens (tertiary/aromatic N) is 2. The van der Waals surface area contributed by atoms with E-state index in [0.29, 0.717) is 0 Å². The summed E-state index contributed by atoms with van der Waals surface area (Å²) < 4.78 is 1.90. The molecule has 0 atom stereocenters. The normalized spacial score (nSPS) is 12.1. The van der Waals surface area contributed by atoms with Gasteiger partial charge in [-0.1, -0.05) is 19.4 Å². The minimum absolute atomic E-state index is 0.982. The Balaban J connectivity index is 2.57. The van der Waals surface area contributed by atoms with Crippen molar-refractivity contribution in [2.24, 2.45) is 7.05 Å². The molecular weight excluding hydrogens is 186 g/mol. The topological polar surface area (TPSA) is 29.9 Å². The molecule has 0 saturated carbocycles. The lowest BCUT2D eigenvalue weighted by Crippen LogP contribution is -2.17. The van der Waals surface area contributed by atoms with Gasteiger partial charge in [0.25, 0.3) is 0 Å². The van der Waals surface area contributed by atoms with Crippen LogP contribution < -0.4 is 5.32 Å². The van der Waals surface area contributed by atoms with Crippen LogP contribution in [-0.2, 0) is 7.05 Å². The zero-order chi connectivity index (χ0) is 11.1. The van der Waals surface area contributed by atoms with Crippen molar-refractivity contribution in [3.63, 3.8) is 0 Å². The minimum atomic E-state index is 0.982. The summed E-state index contributed by atoms with van der Waals surface area (Å²) in [4.78, 5) is 0. The summed E-state index contributed by atoms with van der Waals surface area (Å²) in [5, 5.41) is 7.57. The summed E-state index contributed by atoms with van der Waals surface area (Å²) in [6.07, 6.45) is 6.32. The second-order valence-electron chi connectivity index (χ2n) is 3.71. The van der Waals surface area contributed by atoms with Crippen molar-refractivity contribution in [1.82, 2.24) is 15.1 Å². The Kier molecular flexibility index (Phi) is 5.12. The second-order valence-corrected chi connectivity index (χ2v) is 3.71. The van der Waals surface area contributed by atoms with Crippen LogP contribution in [0.5, 0.6) is 0 Å². The molecule has 3 nitrogen and oxygen atoms in total. The van der Waals surface area contributed by atoms with E-state index in [0.717, 1.165) is 19.5 Å². The van der Waals surface area contributed by atoms with Crippen molar-refractivity contribution < 1.29 is 0 Å². The van der Waals surface area contributed by atoms with Gasteiger partial charge in [0, 0.05) is 19.8 Å². The summed E-state index contributed by atoms with van der Waals surface area (Å²) in [5.74, 6) is 0. The standard InChI is InChI=1S/C12H21N3/c1-4-7-13-10-11(5-2)9-12-6-8-14-15(12)3/h6,8-9,13H,4-5,7,10H2,1-3H3. The van der Waals surface area contributed by atoms with Gasteiger partial charge in [-0.15, -0.1) is 0 Å². The summed E-state index contributed by atoms with van der Waals surface area (Å²) >= 11 is 0. The van der Waals surface area contributed by atoms with Gasteiger partial charge in [0.1, 0.15) is 0 Å². The van der Waals surface area contributed by atoms with Crippen molar-refractivity contribution in [1.29, 1.82) is 0 Å². The van der Waals surface area contributed by atoms with Gasteiger partial charge >= 0.3 is 0 Å². The predicted molar refractivity (Wildman–Crippen MR) is 64.6 cm³/mol. The number of nitrogens with one attached hydrogen (secondary N) is 1. The van der Waals surface area contributed by atoms with E-state index in [4.69, 9.17) is 0 Å². The molecule has 1 N–H and O–H groups in total. The van der Waals surface area contributed by atoms with E-state index < -0.39 is 0 Å². The highest BCUT2D eigenvalue weighted by Gasteiger charge is 1.98. The van der Waals surface area contributed by atoms with Gasteiger partial charge in [0.15, 0.2) is 0 Å². The highest BCUT2D eigenvalue weighted by Crippen LogP contribution is 2.07. The average Bonchev–Trinajstić information content (AvgIpc) is 2.63. The highest BCUT2D eigenvalue weighted by molar-refractivity contribution is 5.49. The molecule has 0 unspecified atom stereocenters. The van der Waals surface area contributed by atoms with Gasteiger partial charge in [-0.2, -0.15) is 5.10 Å². The van der Waals surface area contributed by atoms with Crippen molar-refractivity contribution >= 4 is 6.08 Å². The van der Waals surface area contributed by atoms with Crippen LogP contribution in [0.4, 0.5) is 0 Å². The summed E-state index contributed by atoms with van der Waals surface area (Å²) in [7, 11) is 1.97. The van der Waals surface area contributed by atoms with Crippen LogP contribution in [0.15, 0.2) is 17.8 Å². The number of hydrogen-bond acceptors (Lipinski definition) is 2. The van der Waals surface area contributed by atoms with Crippen LogP contribution in [0.3, 0.4) is 0 Å². The van der Waals surface area contributed by atoms with Crippen LogP contribution in [0.1, 0.15) is 32.4 Å². The summed E-state index contributed by atoms with van der Waals surface area (Å²) in [6, 6.07) is 2.04. The highest BCUT2D eigenvalue weighted by atomic mass is 15.2. The predicted octanol–water partition coefficient (Wildman–Crippen LogP) is 2.21. The fourth-order valence-corrected chi connectivity index (χ4v) is 1.44. The van der Waals surface area contributed by atoms with E-state index in [2.05, 4.69) is 30.3 Å². The molecule has 1 rings (SSSR count). The number of aryl methyl sites for hydroxylation is 1. The third-order valence-electron chi connectivity index (χ3n) is 2.44. The summed E-state index contributed by atoms with van der Waals surface area (Å²) in [6.45, 7) is 6.44. The minimum Gasteiger partial charge on any atom is -0.313 e. The Morgan fingerprint density at radius 1 is 1.53 bits per heavy atom. The SMILES string of the molecule is CCCNCC(=Cc1ccnn1C)CC. The monoisotopic (exact) mass is 207 g/mol. The van der Waals surface area contributed by atoms with E-state index in [9.17, 15) is 0 Å². The fourth-order valence-electron chi connectivity index (χ4n) is 1.44. The van der Waals surface area contributed by atoms with Gasteiger partial charge in [0.2, 0.25) is 0 Å². The lowest BCUT2D eigenvalue weighted by atomic mass is 10.1. The molecule has 0 amide bonds. The average molecular weight is 207 g/mol. The maximum Gasteiger partial charge on any atom is 0.0606 e. The molecule has 0 radical (unpaired) electrons. The maximum absolute atomic E-state index is 4.15. The smallest absolute Gasteiger partial charge is 0.0606 e. The van der Waals surface area contributed by atoms with Crippen molar-refractivity contribution in [3.8, 4) is 0 Å². The van der Waals surface area contributed by atoms with E-state index >= 15 is 0 Å². The van der Waals surface area contributed by atoms with Gasteiger partial charge in [-0.3, -0.25) is 4.68 Å². The lowest BCUT2D eigenvalue weighted by Gasteiger charge is -2.06. The second kappa shape index (κ2) is 6.40. The first-order chi connectivity index (χ1) is 7.27. The first-order valence-electron chi connectivity index (χ1n) is 5.66. The molecule has 0 aliphatic rings. The molecular formula is C12H21N3. The molecule has 84 valence electrons. The zero-order valence-electron chi connectivity index (χ0n) is 9.95. The zero-order valence-corrected chi connectivity index (χ0v) is 9.95. The van der Waals surface area contributed by atoms with Gasteiger partial charge in [0.05, 0.1) is 5.69 Å². The number of aromatic nitrogens is 2. The molecule has 3 heteroatoms. The molecule has 1 aromatic rings. The Morgan fingerprint density at radius 2 is 2.33 bits per heavy atom. The van der Waals surface area contributed by atoms with E-state index in [1.165, 1.54) is 17.7 Å². The van der Waals surface area contributed by atoms with E-state index in [-0.39, 0.29) is 0 Å². The maximum atomic E-state index is 4.15. The van der Waals surface area contributed by atoms with E-state index in [1.807, 2.05) is 24.0 Å². The van der Waals surface area contributed by atoms with Gasteiger partial charge in [-0.05, 0) is 31.5 Å². The van der Waals surface area contributed by atoms with Crippen LogP contribution >= 0.6 is 0 Å². The van der Waals surface area contributed by atoms with Crippen LogP contribution in [0.25, 0.3) is 6.08 Å². The largest absolute Gasteiger partial charge is 0.313 e. The lowest BCUT2D eigenvalue weighted by molar-refractivity contribution is 0.704. The third-order valence-corrected chi connectivity index (χ3v) is 2.44. The Morgan fingerprint density at radius 3 is 2.87 bits per heavy atom. The Hall–Kier alpha value is -1.09. The molecule has 0 aliphatic heterocycles. The number of hydrogen-bond donors (Lipinski definition) is 1.